The Bertz CT molecular complexity index is 885. The smallest absolute Gasteiger partial charge is 0.264 e. The molecule has 1 fully saturated rings. The number of aromatic nitrogens is 2. The second kappa shape index (κ2) is 6.53. The Morgan fingerprint density at radius 3 is 2.92 bits per heavy atom. The van der Waals surface area contributed by atoms with Gasteiger partial charge in [-0.15, -0.1) is 11.3 Å². The molecule has 0 aromatic carbocycles. The topological polar surface area (TPSA) is 81.2 Å². The third-order valence-corrected chi connectivity index (χ3v) is 6.69. The van der Waals surface area contributed by atoms with E-state index in [1.54, 1.807) is 0 Å². The molecule has 4 heterocycles. The summed E-state index contributed by atoms with van der Waals surface area (Å²) in [6.07, 6.45) is 6.01. The van der Waals surface area contributed by atoms with Crippen molar-refractivity contribution >= 4 is 27.5 Å². The van der Waals surface area contributed by atoms with Gasteiger partial charge in [-0.2, -0.15) is 0 Å². The van der Waals surface area contributed by atoms with E-state index in [0.717, 1.165) is 63.0 Å². The van der Waals surface area contributed by atoms with Crippen molar-refractivity contribution in [1.82, 2.24) is 14.5 Å². The van der Waals surface area contributed by atoms with E-state index in [-0.39, 0.29) is 17.5 Å². The van der Waals surface area contributed by atoms with E-state index in [1.165, 1.54) is 11.3 Å². The summed E-state index contributed by atoms with van der Waals surface area (Å²) in [6.45, 7) is 3.85. The summed E-state index contributed by atoms with van der Waals surface area (Å²) in [5, 5.41) is 0.627. The average molecular weight is 360 g/mol. The van der Waals surface area contributed by atoms with Gasteiger partial charge in [-0.3, -0.25) is 14.2 Å². The average Bonchev–Trinajstić information content (AvgIpc) is 3.12. The van der Waals surface area contributed by atoms with Gasteiger partial charge in [-0.1, -0.05) is 6.42 Å². The molecule has 0 aliphatic carbocycles. The minimum atomic E-state index is 0.00745. The summed E-state index contributed by atoms with van der Waals surface area (Å²) in [7, 11) is 0. The molecule has 6 nitrogen and oxygen atoms in total. The summed E-state index contributed by atoms with van der Waals surface area (Å²) in [6, 6.07) is 0.114. The Balaban J connectivity index is 1.82. The molecule has 2 aromatic rings. The van der Waals surface area contributed by atoms with Crippen LogP contribution >= 0.6 is 11.3 Å². The van der Waals surface area contributed by atoms with Crippen LogP contribution in [0.25, 0.3) is 10.2 Å². The van der Waals surface area contributed by atoms with Gasteiger partial charge in [-0.05, 0) is 38.2 Å². The van der Waals surface area contributed by atoms with E-state index in [4.69, 9.17) is 10.7 Å². The van der Waals surface area contributed by atoms with Crippen LogP contribution < -0.4 is 11.3 Å². The third-order valence-electron chi connectivity index (χ3n) is 5.52. The first-order valence-electron chi connectivity index (χ1n) is 9.15. The molecule has 1 unspecified atom stereocenters. The van der Waals surface area contributed by atoms with Gasteiger partial charge in [0.2, 0.25) is 0 Å². The normalized spacial score (nSPS) is 20.7. The van der Waals surface area contributed by atoms with Gasteiger partial charge in [0.1, 0.15) is 10.7 Å². The standard InChI is InChI=1S/C18H24N4O2S/c1-11-14-16(20-13-7-3-2-4-8-22(13)17(14)23)25-15(11)18(24)21-9-5-6-12(21)10-19/h12H,2-10,19H2,1H3. The fourth-order valence-corrected chi connectivity index (χ4v) is 5.24. The number of nitrogens with zero attached hydrogens (tertiary/aromatic N) is 3. The first-order valence-corrected chi connectivity index (χ1v) is 9.97. The van der Waals surface area contributed by atoms with Crippen LogP contribution in [0.3, 0.4) is 0 Å². The maximum absolute atomic E-state index is 13.0. The number of rotatable bonds is 2. The van der Waals surface area contributed by atoms with Crippen LogP contribution in [-0.4, -0.2) is 39.5 Å². The highest BCUT2D eigenvalue weighted by Gasteiger charge is 2.31. The van der Waals surface area contributed by atoms with Crippen LogP contribution in [0.5, 0.6) is 0 Å². The van der Waals surface area contributed by atoms with Crippen LogP contribution in [0.1, 0.15) is 53.2 Å². The molecule has 0 radical (unpaired) electrons. The molecule has 25 heavy (non-hydrogen) atoms. The molecular formula is C18H24N4O2S. The zero-order valence-electron chi connectivity index (χ0n) is 14.6. The lowest BCUT2D eigenvalue weighted by molar-refractivity contribution is 0.0745. The van der Waals surface area contributed by atoms with Gasteiger partial charge < -0.3 is 10.6 Å². The van der Waals surface area contributed by atoms with Crippen molar-refractivity contribution in [1.29, 1.82) is 0 Å². The molecule has 1 saturated heterocycles. The van der Waals surface area contributed by atoms with Gasteiger partial charge >= 0.3 is 0 Å². The number of aryl methyl sites for hydroxylation is 2. The van der Waals surface area contributed by atoms with Crippen molar-refractivity contribution in [2.24, 2.45) is 5.73 Å². The largest absolute Gasteiger partial charge is 0.334 e. The van der Waals surface area contributed by atoms with E-state index in [0.29, 0.717) is 21.6 Å². The van der Waals surface area contributed by atoms with Crippen LogP contribution in [0, 0.1) is 6.92 Å². The second-order valence-corrected chi connectivity index (χ2v) is 8.06. The zero-order valence-corrected chi connectivity index (χ0v) is 15.4. The molecule has 4 rings (SSSR count). The lowest BCUT2D eigenvalue weighted by atomic mass is 10.1. The Hall–Kier alpha value is -1.73. The molecule has 2 aliphatic heterocycles. The number of nitrogens with two attached hydrogens (primary N) is 1. The molecular weight excluding hydrogens is 336 g/mol. The SMILES string of the molecule is Cc1c(C(=O)N2CCCC2CN)sc2nc3n(c(=O)c12)CCCCC3. The molecule has 134 valence electrons. The number of carbonyl (C=O) groups is 1. The van der Waals surface area contributed by atoms with Gasteiger partial charge in [-0.25, -0.2) is 4.98 Å². The lowest BCUT2D eigenvalue weighted by Gasteiger charge is -2.23. The number of amides is 1. The monoisotopic (exact) mass is 360 g/mol. The highest BCUT2D eigenvalue weighted by molar-refractivity contribution is 7.20. The lowest BCUT2D eigenvalue weighted by Crippen LogP contribution is -2.39. The number of likely N-dealkylation sites (tertiary alicyclic amines) is 1. The Morgan fingerprint density at radius 1 is 1.28 bits per heavy atom. The molecule has 2 N–H and O–H groups in total. The predicted molar refractivity (Wildman–Crippen MR) is 99.3 cm³/mol. The second-order valence-electron chi connectivity index (χ2n) is 7.06. The predicted octanol–water partition coefficient (Wildman–Crippen LogP) is 2.06. The molecule has 2 aromatic heterocycles. The fraction of sp³-hybridized carbons (Fsp3) is 0.611. The van der Waals surface area contributed by atoms with Crippen LogP contribution in [0.4, 0.5) is 0 Å². The van der Waals surface area contributed by atoms with Crippen LogP contribution in [-0.2, 0) is 13.0 Å². The van der Waals surface area contributed by atoms with Crippen LogP contribution in [0.2, 0.25) is 0 Å². The highest BCUT2D eigenvalue weighted by atomic mass is 32.1. The quantitative estimate of drug-likeness (QED) is 0.889. The minimum Gasteiger partial charge on any atom is -0.334 e. The van der Waals surface area contributed by atoms with Gasteiger partial charge in [0.05, 0.1) is 10.3 Å². The Labute approximate surface area is 150 Å². The number of hydrogen-bond donors (Lipinski definition) is 1. The van der Waals surface area contributed by atoms with Crippen molar-refractivity contribution in [3.8, 4) is 0 Å². The van der Waals surface area contributed by atoms with Gasteiger partial charge in [0, 0.05) is 32.1 Å². The minimum absolute atomic E-state index is 0.00745. The molecule has 7 heteroatoms. The van der Waals surface area contributed by atoms with E-state index >= 15 is 0 Å². The van der Waals surface area contributed by atoms with Gasteiger partial charge in [0.15, 0.2) is 0 Å². The number of fused-ring (bicyclic) bond motifs is 2. The third kappa shape index (κ3) is 2.69. The summed E-state index contributed by atoms with van der Waals surface area (Å²) in [4.78, 5) is 34.0. The van der Waals surface area contributed by atoms with Crippen molar-refractivity contribution in [3.63, 3.8) is 0 Å². The molecule has 0 bridgehead atoms. The first-order chi connectivity index (χ1) is 12.1. The molecule has 0 saturated carbocycles. The van der Waals surface area contributed by atoms with Crippen molar-refractivity contribution in [2.75, 3.05) is 13.1 Å². The molecule has 2 aliphatic rings. The summed E-state index contributed by atoms with van der Waals surface area (Å²) < 4.78 is 1.82. The number of thiophene rings is 1. The van der Waals surface area contributed by atoms with Gasteiger partial charge in [0.25, 0.3) is 11.5 Å². The number of carbonyl (C=O) groups excluding carboxylic acids is 1. The van der Waals surface area contributed by atoms with Crippen molar-refractivity contribution < 1.29 is 4.79 Å². The van der Waals surface area contributed by atoms with E-state index in [9.17, 15) is 9.59 Å². The first kappa shape index (κ1) is 16.7. The summed E-state index contributed by atoms with van der Waals surface area (Å²) >= 11 is 1.37. The van der Waals surface area contributed by atoms with Crippen LogP contribution in [0.15, 0.2) is 4.79 Å². The van der Waals surface area contributed by atoms with E-state index in [2.05, 4.69) is 0 Å². The maximum Gasteiger partial charge on any atom is 0.264 e. The molecule has 0 spiro atoms. The zero-order chi connectivity index (χ0) is 17.6. The number of hydrogen-bond acceptors (Lipinski definition) is 5. The van der Waals surface area contributed by atoms with E-state index in [1.807, 2.05) is 16.4 Å². The van der Waals surface area contributed by atoms with Crippen molar-refractivity contribution in [3.05, 3.63) is 26.6 Å². The molecule has 1 amide bonds. The van der Waals surface area contributed by atoms with E-state index < -0.39 is 0 Å². The highest BCUT2D eigenvalue weighted by Crippen LogP contribution is 2.31. The Morgan fingerprint density at radius 2 is 2.12 bits per heavy atom. The Kier molecular flexibility index (Phi) is 4.37. The fourth-order valence-electron chi connectivity index (χ4n) is 4.09. The maximum atomic E-state index is 13.0. The summed E-state index contributed by atoms with van der Waals surface area (Å²) in [5.41, 5.74) is 6.62. The summed E-state index contributed by atoms with van der Waals surface area (Å²) in [5.74, 6) is 0.879. The van der Waals surface area contributed by atoms with Crippen molar-refractivity contribution in [2.45, 2.75) is 58.0 Å². The molecule has 1 atom stereocenters.